The van der Waals surface area contributed by atoms with Gasteiger partial charge in [0.2, 0.25) is 0 Å². The van der Waals surface area contributed by atoms with Crippen molar-refractivity contribution < 1.29 is 13.6 Å². The molecular weight excluding hydrogens is 312 g/mol. The Morgan fingerprint density at radius 2 is 1.96 bits per heavy atom. The van der Waals surface area contributed by atoms with Crippen LogP contribution in [0, 0.1) is 23.0 Å². The molecule has 0 radical (unpaired) electrons. The van der Waals surface area contributed by atoms with Crippen molar-refractivity contribution in [1.82, 2.24) is 9.88 Å². The number of fused-ring (bicyclic) bond motifs is 3. The summed E-state index contributed by atoms with van der Waals surface area (Å²) in [5.74, 6) is -2.07. The molecule has 0 fully saturated rings. The van der Waals surface area contributed by atoms with E-state index in [2.05, 4.69) is 11.4 Å². The summed E-state index contributed by atoms with van der Waals surface area (Å²) >= 11 is 0. The fourth-order valence-corrected chi connectivity index (χ4v) is 3.15. The predicted molar refractivity (Wildman–Crippen MR) is 84.3 cm³/mol. The Balaban J connectivity index is 2.08. The van der Waals surface area contributed by atoms with Gasteiger partial charge in [0.05, 0.1) is 17.1 Å². The molecule has 1 amide bonds. The minimum Gasteiger partial charge on any atom is -0.349 e. The zero-order valence-electron chi connectivity index (χ0n) is 12.4. The van der Waals surface area contributed by atoms with Crippen molar-refractivity contribution in [2.75, 3.05) is 6.54 Å². The number of halogens is 2. The van der Waals surface area contributed by atoms with Crippen LogP contribution >= 0.6 is 0 Å². The number of nitrogens with one attached hydrogen (secondary N) is 1. The van der Waals surface area contributed by atoms with Gasteiger partial charge < -0.3 is 9.88 Å². The maximum atomic E-state index is 13.7. The molecule has 0 aliphatic carbocycles. The second kappa shape index (κ2) is 5.17. The Morgan fingerprint density at radius 3 is 2.71 bits per heavy atom. The molecule has 0 saturated carbocycles. The fourth-order valence-electron chi connectivity index (χ4n) is 3.15. The second-order valence-corrected chi connectivity index (χ2v) is 5.64. The third kappa shape index (κ3) is 2.06. The van der Waals surface area contributed by atoms with Crippen molar-refractivity contribution in [1.29, 1.82) is 5.26 Å². The number of nitriles is 1. The molecule has 0 bridgehead atoms. The Labute approximate surface area is 135 Å². The molecule has 118 valence electrons. The van der Waals surface area contributed by atoms with Gasteiger partial charge >= 0.3 is 0 Å². The summed E-state index contributed by atoms with van der Waals surface area (Å²) in [4.78, 5) is 12.0. The number of carbonyl (C=O) groups excluding carboxylic acids is 1. The highest BCUT2D eigenvalue weighted by atomic mass is 19.2. The van der Waals surface area contributed by atoms with Crippen molar-refractivity contribution in [2.24, 2.45) is 0 Å². The number of nitrogens with zero attached hydrogens (tertiary/aromatic N) is 2. The number of benzene rings is 2. The summed E-state index contributed by atoms with van der Waals surface area (Å²) in [7, 11) is 0. The molecule has 4 rings (SSSR count). The average molecular weight is 323 g/mol. The van der Waals surface area contributed by atoms with Crippen LogP contribution in [0.4, 0.5) is 8.78 Å². The average Bonchev–Trinajstić information content (AvgIpc) is 2.96. The third-order valence-electron chi connectivity index (χ3n) is 4.21. The Bertz CT molecular complexity index is 1050. The molecule has 1 N–H and O–H groups in total. The topological polar surface area (TPSA) is 57.8 Å². The van der Waals surface area contributed by atoms with Gasteiger partial charge in [0.1, 0.15) is 5.69 Å². The largest absolute Gasteiger partial charge is 0.349 e. The Morgan fingerprint density at radius 1 is 1.12 bits per heavy atom. The summed E-state index contributed by atoms with van der Waals surface area (Å²) < 4.78 is 28.8. The summed E-state index contributed by atoms with van der Waals surface area (Å²) in [5.41, 5.74) is 2.69. The Hall–Kier alpha value is -3.20. The molecule has 24 heavy (non-hydrogen) atoms. The highest BCUT2D eigenvalue weighted by molar-refractivity contribution is 6.04. The molecule has 2 aromatic carbocycles. The number of carbonyl (C=O) groups is 1. The molecule has 1 aliphatic rings. The van der Waals surface area contributed by atoms with Crippen molar-refractivity contribution in [3.8, 4) is 17.2 Å². The first-order chi connectivity index (χ1) is 11.6. The van der Waals surface area contributed by atoms with E-state index in [1.165, 1.54) is 6.07 Å². The zero-order valence-corrected chi connectivity index (χ0v) is 12.4. The molecule has 0 spiro atoms. The van der Waals surface area contributed by atoms with Gasteiger partial charge in [-0.15, -0.1) is 0 Å². The molecule has 0 atom stereocenters. The van der Waals surface area contributed by atoms with Gasteiger partial charge in [-0.2, -0.15) is 5.26 Å². The van der Waals surface area contributed by atoms with Crippen molar-refractivity contribution >= 4 is 16.8 Å². The quantitative estimate of drug-likeness (QED) is 0.747. The van der Waals surface area contributed by atoms with E-state index in [0.717, 1.165) is 23.0 Å². The maximum Gasteiger partial charge on any atom is 0.268 e. The van der Waals surface area contributed by atoms with Gasteiger partial charge in [-0.05, 0) is 35.9 Å². The van der Waals surface area contributed by atoms with Gasteiger partial charge in [0, 0.05) is 24.0 Å². The highest BCUT2D eigenvalue weighted by Crippen LogP contribution is 2.34. The lowest BCUT2D eigenvalue weighted by Gasteiger charge is -2.18. The van der Waals surface area contributed by atoms with Crippen LogP contribution < -0.4 is 5.32 Å². The normalized spacial score (nSPS) is 13.5. The van der Waals surface area contributed by atoms with Crippen LogP contribution in [-0.4, -0.2) is 17.0 Å². The first-order valence-electron chi connectivity index (χ1n) is 7.39. The van der Waals surface area contributed by atoms with Gasteiger partial charge in [0.25, 0.3) is 5.91 Å². The fraction of sp³-hybridized carbons (Fsp3) is 0.111. The molecular formula is C18H11F2N3O. The van der Waals surface area contributed by atoms with E-state index >= 15 is 0 Å². The second-order valence-electron chi connectivity index (χ2n) is 5.64. The lowest BCUT2D eigenvalue weighted by atomic mass is 10.00. The van der Waals surface area contributed by atoms with E-state index < -0.39 is 11.6 Å². The molecule has 0 saturated heterocycles. The third-order valence-corrected chi connectivity index (χ3v) is 4.21. The summed E-state index contributed by atoms with van der Waals surface area (Å²) in [6.07, 6.45) is 0. The standard InChI is InChI=1S/C18H11F2N3O/c19-14-2-1-11(7-15(14)20)13-6-10(9-21)5-12-8-16-18(24)22-3-4-23(16)17(12)13/h1-2,5-8H,3-4H2,(H,22,24). The van der Waals surface area contributed by atoms with Crippen LogP contribution in [0.1, 0.15) is 16.1 Å². The summed E-state index contributed by atoms with van der Waals surface area (Å²) in [6, 6.07) is 10.7. The number of amides is 1. The maximum absolute atomic E-state index is 13.7. The minimum absolute atomic E-state index is 0.188. The lowest BCUT2D eigenvalue weighted by molar-refractivity contribution is 0.0929. The van der Waals surface area contributed by atoms with Crippen LogP contribution in [-0.2, 0) is 6.54 Å². The Kier molecular flexibility index (Phi) is 3.10. The monoisotopic (exact) mass is 323 g/mol. The molecule has 6 heteroatoms. The molecule has 4 nitrogen and oxygen atoms in total. The van der Waals surface area contributed by atoms with Crippen LogP contribution in [0.5, 0.6) is 0 Å². The zero-order chi connectivity index (χ0) is 16.8. The van der Waals surface area contributed by atoms with Crippen LogP contribution in [0.25, 0.3) is 22.0 Å². The number of aromatic nitrogens is 1. The van der Waals surface area contributed by atoms with E-state index in [9.17, 15) is 18.8 Å². The van der Waals surface area contributed by atoms with Gasteiger partial charge in [-0.1, -0.05) is 6.07 Å². The van der Waals surface area contributed by atoms with E-state index in [-0.39, 0.29) is 5.91 Å². The smallest absolute Gasteiger partial charge is 0.268 e. The van der Waals surface area contributed by atoms with E-state index in [1.54, 1.807) is 18.2 Å². The predicted octanol–water partition coefficient (Wildman–Crippen LogP) is 3.20. The number of hydrogen-bond acceptors (Lipinski definition) is 2. The summed E-state index contributed by atoms with van der Waals surface area (Å²) in [6.45, 7) is 1.07. The summed E-state index contributed by atoms with van der Waals surface area (Å²) in [5, 5.41) is 12.7. The molecule has 1 aliphatic heterocycles. The minimum atomic E-state index is -0.953. The molecule has 2 heterocycles. The van der Waals surface area contributed by atoms with E-state index in [4.69, 9.17) is 0 Å². The van der Waals surface area contributed by atoms with E-state index in [1.807, 2.05) is 4.57 Å². The SMILES string of the molecule is N#Cc1cc(-c2ccc(F)c(F)c2)c2c(c1)cc1n2CCNC1=O. The first kappa shape index (κ1) is 14.4. The molecule has 3 aromatic rings. The van der Waals surface area contributed by atoms with Crippen molar-refractivity contribution in [3.05, 3.63) is 59.3 Å². The number of hydrogen-bond donors (Lipinski definition) is 1. The van der Waals surface area contributed by atoms with Crippen molar-refractivity contribution in [2.45, 2.75) is 6.54 Å². The molecule has 0 unspecified atom stereocenters. The van der Waals surface area contributed by atoms with Crippen LogP contribution in [0.2, 0.25) is 0 Å². The van der Waals surface area contributed by atoms with Crippen LogP contribution in [0.15, 0.2) is 36.4 Å². The van der Waals surface area contributed by atoms with Crippen molar-refractivity contribution in [3.63, 3.8) is 0 Å². The van der Waals surface area contributed by atoms with Gasteiger partial charge in [-0.25, -0.2) is 8.78 Å². The van der Waals surface area contributed by atoms with Gasteiger partial charge in [-0.3, -0.25) is 4.79 Å². The van der Waals surface area contributed by atoms with Crippen LogP contribution in [0.3, 0.4) is 0 Å². The van der Waals surface area contributed by atoms with E-state index in [0.29, 0.717) is 35.5 Å². The first-order valence-corrected chi connectivity index (χ1v) is 7.39. The highest BCUT2D eigenvalue weighted by Gasteiger charge is 2.22. The van der Waals surface area contributed by atoms with Gasteiger partial charge in [0.15, 0.2) is 11.6 Å². The lowest BCUT2D eigenvalue weighted by Crippen LogP contribution is -2.34. The molecule has 1 aromatic heterocycles. The number of rotatable bonds is 1.